The van der Waals surface area contributed by atoms with Crippen LogP contribution < -0.4 is 5.32 Å². The Bertz CT molecular complexity index is 595. The molecule has 0 amide bonds. The number of pyridine rings is 1. The van der Waals surface area contributed by atoms with Crippen molar-refractivity contribution in [2.24, 2.45) is 5.41 Å². The van der Waals surface area contributed by atoms with Crippen LogP contribution in [-0.4, -0.2) is 36.6 Å². The fourth-order valence-electron chi connectivity index (χ4n) is 3.14. The van der Waals surface area contributed by atoms with E-state index in [1.54, 1.807) is 0 Å². The Labute approximate surface area is 127 Å². The summed E-state index contributed by atoms with van der Waals surface area (Å²) in [5.74, 6) is 0. The summed E-state index contributed by atoms with van der Waals surface area (Å²) in [6, 6.07) is 10.6. The van der Waals surface area contributed by atoms with Crippen molar-refractivity contribution in [1.29, 1.82) is 0 Å². The van der Waals surface area contributed by atoms with Gasteiger partial charge in [0, 0.05) is 24.7 Å². The molecule has 112 valence electrons. The van der Waals surface area contributed by atoms with Gasteiger partial charge < -0.3 is 10.2 Å². The highest BCUT2D eigenvalue weighted by molar-refractivity contribution is 5.81. The van der Waals surface area contributed by atoms with Crippen LogP contribution in [0.1, 0.15) is 25.3 Å². The van der Waals surface area contributed by atoms with Crippen LogP contribution in [0.5, 0.6) is 0 Å². The summed E-state index contributed by atoms with van der Waals surface area (Å²) in [5, 5.41) is 4.88. The second kappa shape index (κ2) is 6.12. The number of rotatable bonds is 4. The highest BCUT2D eigenvalue weighted by Crippen LogP contribution is 2.29. The summed E-state index contributed by atoms with van der Waals surface area (Å²) in [6.45, 7) is 6.83. The average Bonchev–Trinajstić information content (AvgIpc) is 2.51. The van der Waals surface area contributed by atoms with Crippen LogP contribution in [0.3, 0.4) is 0 Å². The van der Waals surface area contributed by atoms with Crippen molar-refractivity contribution >= 4 is 10.9 Å². The second-order valence-corrected chi connectivity index (χ2v) is 6.71. The Kier molecular flexibility index (Phi) is 4.22. The Balaban J connectivity index is 1.62. The molecule has 3 nitrogen and oxygen atoms in total. The molecule has 0 bridgehead atoms. The first kappa shape index (κ1) is 14.5. The van der Waals surface area contributed by atoms with Gasteiger partial charge in [-0.3, -0.25) is 4.98 Å². The number of para-hydroxylation sites is 1. The molecule has 0 saturated carbocycles. The van der Waals surface area contributed by atoms with Crippen LogP contribution in [0.25, 0.3) is 10.9 Å². The van der Waals surface area contributed by atoms with Crippen molar-refractivity contribution < 1.29 is 0 Å². The standard InChI is InChI=1S/C18H25N3/c1-18(8-11-21(2)12-9-18)14-19-13-16-6-3-5-15-7-4-10-20-17(15)16/h3-7,10,19H,8-9,11-14H2,1-2H3. The zero-order valence-electron chi connectivity index (χ0n) is 13.1. The van der Waals surface area contributed by atoms with Gasteiger partial charge in [-0.25, -0.2) is 0 Å². The van der Waals surface area contributed by atoms with Crippen LogP contribution in [-0.2, 0) is 6.54 Å². The largest absolute Gasteiger partial charge is 0.312 e. The van der Waals surface area contributed by atoms with E-state index in [1.807, 2.05) is 12.3 Å². The molecule has 0 atom stereocenters. The third-order valence-electron chi connectivity index (χ3n) is 4.78. The number of hydrogen-bond donors (Lipinski definition) is 1. The maximum absolute atomic E-state index is 4.53. The molecule has 1 aromatic heterocycles. The lowest BCUT2D eigenvalue weighted by Gasteiger charge is -2.38. The van der Waals surface area contributed by atoms with Crippen LogP contribution >= 0.6 is 0 Å². The molecule has 1 aliphatic heterocycles. The van der Waals surface area contributed by atoms with Crippen molar-refractivity contribution in [3.05, 3.63) is 42.1 Å². The zero-order valence-corrected chi connectivity index (χ0v) is 13.1. The predicted octanol–water partition coefficient (Wildman–Crippen LogP) is 3.06. The summed E-state index contributed by atoms with van der Waals surface area (Å²) < 4.78 is 0. The minimum Gasteiger partial charge on any atom is -0.312 e. The van der Waals surface area contributed by atoms with Crippen molar-refractivity contribution in [2.75, 3.05) is 26.7 Å². The predicted molar refractivity (Wildman–Crippen MR) is 88.3 cm³/mol. The molecular weight excluding hydrogens is 258 g/mol. The molecule has 0 unspecified atom stereocenters. The third kappa shape index (κ3) is 3.42. The molecule has 3 heteroatoms. The molecule has 21 heavy (non-hydrogen) atoms. The van der Waals surface area contributed by atoms with Crippen LogP contribution in [0, 0.1) is 5.41 Å². The van der Waals surface area contributed by atoms with E-state index in [0.29, 0.717) is 5.41 Å². The number of aromatic nitrogens is 1. The zero-order chi connectivity index (χ0) is 14.7. The van der Waals surface area contributed by atoms with Crippen molar-refractivity contribution in [1.82, 2.24) is 15.2 Å². The Morgan fingerprint density at radius 3 is 2.76 bits per heavy atom. The lowest BCUT2D eigenvalue weighted by Crippen LogP contribution is -2.41. The SMILES string of the molecule is CN1CCC(C)(CNCc2cccc3cccnc23)CC1. The number of likely N-dealkylation sites (tertiary alicyclic amines) is 1. The number of piperidine rings is 1. The molecule has 0 spiro atoms. The number of hydrogen-bond acceptors (Lipinski definition) is 3. The monoisotopic (exact) mass is 283 g/mol. The lowest BCUT2D eigenvalue weighted by atomic mass is 9.80. The van der Waals surface area contributed by atoms with Gasteiger partial charge in [0.1, 0.15) is 0 Å². The van der Waals surface area contributed by atoms with Crippen LogP contribution in [0.15, 0.2) is 36.5 Å². The van der Waals surface area contributed by atoms with Gasteiger partial charge in [0.05, 0.1) is 5.52 Å². The molecule has 0 aliphatic carbocycles. The first-order chi connectivity index (χ1) is 10.2. The maximum atomic E-state index is 4.53. The molecule has 1 aromatic carbocycles. The fourth-order valence-corrected chi connectivity index (χ4v) is 3.14. The van der Waals surface area contributed by atoms with Gasteiger partial charge in [-0.2, -0.15) is 0 Å². The topological polar surface area (TPSA) is 28.2 Å². The number of benzene rings is 1. The maximum Gasteiger partial charge on any atom is 0.0746 e. The summed E-state index contributed by atoms with van der Waals surface area (Å²) in [4.78, 5) is 6.95. The molecule has 1 N–H and O–H groups in total. The van der Waals surface area contributed by atoms with Gasteiger partial charge in [-0.05, 0) is 50.0 Å². The van der Waals surface area contributed by atoms with Crippen LogP contribution in [0.4, 0.5) is 0 Å². The van der Waals surface area contributed by atoms with Crippen molar-refractivity contribution in [3.63, 3.8) is 0 Å². The molecule has 2 aromatic rings. The quantitative estimate of drug-likeness (QED) is 0.935. The summed E-state index contributed by atoms with van der Waals surface area (Å²) in [5.41, 5.74) is 2.86. The second-order valence-electron chi connectivity index (χ2n) is 6.71. The van der Waals surface area contributed by atoms with E-state index in [2.05, 4.69) is 53.4 Å². The van der Waals surface area contributed by atoms with E-state index in [0.717, 1.165) is 18.6 Å². The van der Waals surface area contributed by atoms with Gasteiger partial charge in [0.2, 0.25) is 0 Å². The van der Waals surface area contributed by atoms with E-state index in [-0.39, 0.29) is 0 Å². The van der Waals surface area contributed by atoms with Crippen LogP contribution in [0.2, 0.25) is 0 Å². The van der Waals surface area contributed by atoms with Gasteiger partial charge in [0.25, 0.3) is 0 Å². The summed E-state index contributed by atoms with van der Waals surface area (Å²) in [6.07, 6.45) is 4.44. The molecule has 2 heterocycles. The van der Waals surface area contributed by atoms with E-state index in [4.69, 9.17) is 0 Å². The summed E-state index contributed by atoms with van der Waals surface area (Å²) >= 11 is 0. The summed E-state index contributed by atoms with van der Waals surface area (Å²) in [7, 11) is 2.22. The van der Waals surface area contributed by atoms with Gasteiger partial charge in [-0.1, -0.05) is 31.2 Å². The molecular formula is C18H25N3. The highest BCUT2D eigenvalue weighted by Gasteiger charge is 2.28. The average molecular weight is 283 g/mol. The number of fused-ring (bicyclic) bond motifs is 1. The smallest absolute Gasteiger partial charge is 0.0746 e. The number of nitrogens with zero attached hydrogens (tertiary/aromatic N) is 2. The van der Waals surface area contributed by atoms with E-state index in [1.165, 1.54) is 36.9 Å². The first-order valence-electron chi connectivity index (χ1n) is 7.88. The van der Waals surface area contributed by atoms with E-state index < -0.39 is 0 Å². The molecule has 1 aliphatic rings. The van der Waals surface area contributed by atoms with E-state index >= 15 is 0 Å². The fraction of sp³-hybridized carbons (Fsp3) is 0.500. The Morgan fingerprint density at radius 2 is 1.95 bits per heavy atom. The van der Waals surface area contributed by atoms with E-state index in [9.17, 15) is 0 Å². The van der Waals surface area contributed by atoms with Crippen molar-refractivity contribution in [2.45, 2.75) is 26.3 Å². The van der Waals surface area contributed by atoms with Gasteiger partial charge in [-0.15, -0.1) is 0 Å². The first-order valence-corrected chi connectivity index (χ1v) is 7.88. The van der Waals surface area contributed by atoms with Gasteiger partial charge in [0.15, 0.2) is 0 Å². The minimum atomic E-state index is 0.435. The molecule has 3 rings (SSSR count). The lowest BCUT2D eigenvalue weighted by molar-refractivity contribution is 0.137. The third-order valence-corrected chi connectivity index (χ3v) is 4.78. The molecule has 0 radical (unpaired) electrons. The number of nitrogens with one attached hydrogen (secondary N) is 1. The van der Waals surface area contributed by atoms with Gasteiger partial charge >= 0.3 is 0 Å². The normalized spacial score (nSPS) is 19.0. The minimum absolute atomic E-state index is 0.435. The molecule has 1 saturated heterocycles. The Morgan fingerprint density at radius 1 is 1.19 bits per heavy atom. The molecule has 1 fully saturated rings. The van der Waals surface area contributed by atoms with Crippen molar-refractivity contribution in [3.8, 4) is 0 Å². The highest BCUT2D eigenvalue weighted by atomic mass is 15.1. The Hall–Kier alpha value is -1.45.